The van der Waals surface area contributed by atoms with E-state index in [0.717, 1.165) is 42.4 Å². The number of amides is 2. The average Bonchev–Trinajstić information content (AvgIpc) is 3.42. The van der Waals surface area contributed by atoms with Gasteiger partial charge in [0.05, 0.1) is 0 Å². The molecule has 0 radical (unpaired) electrons. The predicted octanol–water partition coefficient (Wildman–Crippen LogP) is 6.69. The van der Waals surface area contributed by atoms with Crippen molar-refractivity contribution >= 4 is 35.0 Å². The Balaban J connectivity index is 1.66. The Hall–Kier alpha value is -3.02. The number of carbonyl (C=O) groups is 2. The topological polar surface area (TPSA) is 58.6 Å². The summed E-state index contributed by atoms with van der Waals surface area (Å²) in [6.07, 6.45) is 4.44. The van der Waals surface area contributed by atoms with E-state index in [1.165, 1.54) is 0 Å². The number of rotatable bonds is 10. The minimum Gasteiger partial charge on any atom is -0.483 e. The summed E-state index contributed by atoms with van der Waals surface area (Å²) in [4.78, 5) is 29.2. The molecule has 38 heavy (non-hydrogen) atoms. The van der Waals surface area contributed by atoms with Crippen LogP contribution in [-0.4, -0.2) is 35.4 Å². The lowest BCUT2D eigenvalue weighted by Crippen LogP contribution is -2.53. The van der Waals surface area contributed by atoms with Crippen LogP contribution in [0.4, 0.5) is 0 Å². The van der Waals surface area contributed by atoms with Crippen LogP contribution in [0.2, 0.25) is 10.0 Å². The fourth-order valence-corrected chi connectivity index (χ4v) is 5.40. The fraction of sp³-hybridized carbons (Fsp3) is 0.355. The van der Waals surface area contributed by atoms with E-state index in [1.54, 1.807) is 23.1 Å². The molecule has 200 valence electrons. The molecule has 0 saturated heterocycles. The van der Waals surface area contributed by atoms with Gasteiger partial charge < -0.3 is 15.0 Å². The van der Waals surface area contributed by atoms with Gasteiger partial charge in [-0.25, -0.2) is 0 Å². The molecule has 0 aromatic heterocycles. The van der Waals surface area contributed by atoms with Gasteiger partial charge in [0.1, 0.15) is 11.8 Å². The highest BCUT2D eigenvalue weighted by molar-refractivity contribution is 6.36. The Kier molecular flexibility index (Phi) is 9.70. The number of nitrogens with one attached hydrogen (secondary N) is 1. The molecule has 1 atom stereocenters. The van der Waals surface area contributed by atoms with Gasteiger partial charge in [-0.3, -0.25) is 9.59 Å². The van der Waals surface area contributed by atoms with Crippen molar-refractivity contribution in [3.05, 3.63) is 99.0 Å². The van der Waals surface area contributed by atoms with Crippen molar-refractivity contribution in [3.8, 4) is 5.75 Å². The maximum absolute atomic E-state index is 13.8. The number of carbonyl (C=O) groups excluding carboxylic acids is 2. The number of aryl methyl sites for hydroxylation is 1. The molecule has 4 rings (SSSR count). The molecule has 7 heteroatoms. The molecule has 0 heterocycles. The Labute approximate surface area is 235 Å². The van der Waals surface area contributed by atoms with E-state index >= 15 is 0 Å². The third-order valence-corrected chi connectivity index (χ3v) is 7.98. The first-order valence-electron chi connectivity index (χ1n) is 13.1. The first kappa shape index (κ1) is 28.0. The molecule has 1 fully saturated rings. The van der Waals surface area contributed by atoms with E-state index < -0.39 is 6.04 Å². The maximum Gasteiger partial charge on any atom is 0.261 e. The quantitative estimate of drug-likeness (QED) is 0.305. The van der Waals surface area contributed by atoms with Crippen LogP contribution in [0.5, 0.6) is 5.75 Å². The zero-order chi connectivity index (χ0) is 27.1. The smallest absolute Gasteiger partial charge is 0.261 e. The van der Waals surface area contributed by atoms with Crippen LogP contribution < -0.4 is 10.1 Å². The second-order valence-electron chi connectivity index (χ2n) is 9.90. The normalized spacial score (nSPS) is 14.2. The van der Waals surface area contributed by atoms with Crippen LogP contribution in [0.3, 0.4) is 0 Å². The fourth-order valence-electron chi connectivity index (χ4n) is 4.88. The van der Waals surface area contributed by atoms with Gasteiger partial charge in [0.2, 0.25) is 5.91 Å². The van der Waals surface area contributed by atoms with Gasteiger partial charge in [0, 0.05) is 34.6 Å². The lowest BCUT2D eigenvalue weighted by Gasteiger charge is -2.32. The van der Waals surface area contributed by atoms with Gasteiger partial charge in [-0.1, -0.05) is 84.6 Å². The molecule has 1 aliphatic carbocycles. The number of hydrogen-bond acceptors (Lipinski definition) is 3. The summed E-state index contributed by atoms with van der Waals surface area (Å²) in [5, 5.41) is 4.09. The Morgan fingerprint density at radius 1 is 0.947 bits per heavy atom. The largest absolute Gasteiger partial charge is 0.483 e. The van der Waals surface area contributed by atoms with Gasteiger partial charge in [0.15, 0.2) is 6.61 Å². The second kappa shape index (κ2) is 13.2. The summed E-state index contributed by atoms with van der Waals surface area (Å²) < 4.78 is 5.98. The maximum atomic E-state index is 13.8. The van der Waals surface area contributed by atoms with Crippen molar-refractivity contribution in [2.24, 2.45) is 0 Å². The zero-order valence-electron chi connectivity index (χ0n) is 21.9. The van der Waals surface area contributed by atoms with Crippen LogP contribution in [0.15, 0.2) is 66.7 Å². The minimum atomic E-state index is -0.764. The van der Waals surface area contributed by atoms with Crippen molar-refractivity contribution in [1.29, 1.82) is 0 Å². The highest BCUT2D eigenvalue weighted by Gasteiger charge is 2.33. The third-order valence-electron chi connectivity index (χ3n) is 7.27. The van der Waals surface area contributed by atoms with E-state index in [0.29, 0.717) is 27.8 Å². The predicted molar refractivity (Wildman–Crippen MR) is 153 cm³/mol. The molecule has 1 saturated carbocycles. The molecule has 3 aromatic rings. The van der Waals surface area contributed by atoms with E-state index in [-0.39, 0.29) is 31.0 Å². The third kappa shape index (κ3) is 7.09. The van der Waals surface area contributed by atoms with Gasteiger partial charge in [0.25, 0.3) is 5.91 Å². The van der Waals surface area contributed by atoms with Crippen LogP contribution in [-0.2, 0) is 22.6 Å². The monoisotopic (exact) mass is 552 g/mol. The van der Waals surface area contributed by atoms with Crippen molar-refractivity contribution in [2.75, 3.05) is 6.61 Å². The molecule has 1 N–H and O–H groups in total. The lowest BCUT2D eigenvalue weighted by atomic mass is 10.0. The summed E-state index contributed by atoms with van der Waals surface area (Å²) in [5.41, 5.74) is 3.61. The molecular weight excluding hydrogens is 519 g/mol. The van der Waals surface area contributed by atoms with Crippen molar-refractivity contribution in [3.63, 3.8) is 0 Å². The minimum absolute atomic E-state index is 0.0864. The molecule has 0 bridgehead atoms. The van der Waals surface area contributed by atoms with Gasteiger partial charge in [-0.2, -0.15) is 0 Å². The Morgan fingerprint density at radius 2 is 1.61 bits per heavy atom. The van der Waals surface area contributed by atoms with E-state index in [2.05, 4.69) is 5.32 Å². The van der Waals surface area contributed by atoms with Crippen molar-refractivity contribution in [1.82, 2.24) is 10.2 Å². The zero-order valence-corrected chi connectivity index (χ0v) is 23.4. The number of hydrogen-bond donors (Lipinski definition) is 1. The van der Waals surface area contributed by atoms with Crippen LogP contribution in [0, 0.1) is 13.8 Å². The first-order valence-corrected chi connectivity index (χ1v) is 13.8. The van der Waals surface area contributed by atoms with Crippen LogP contribution in [0.1, 0.15) is 47.9 Å². The van der Waals surface area contributed by atoms with Crippen LogP contribution in [0.25, 0.3) is 0 Å². The summed E-state index contributed by atoms with van der Waals surface area (Å²) in [6.45, 7) is 3.83. The molecular formula is C31H34Cl2N2O3. The highest BCUT2D eigenvalue weighted by atomic mass is 35.5. The highest BCUT2D eigenvalue weighted by Crippen LogP contribution is 2.28. The standard InChI is InChI=1S/C31H34Cl2N2O3/c1-21-10-8-17-29(22(21)2)38-20-30(36)35(19-25-26(32)15-9-16-27(25)33)28(18-23-11-4-3-5-12-23)31(37)34-24-13-6-7-14-24/h3-5,8-12,15-17,24,28H,6-7,13-14,18-20H2,1-2H3,(H,34,37)/t28-/m0/s1. The Morgan fingerprint density at radius 3 is 2.29 bits per heavy atom. The van der Waals surface area contributed by atoms with Crippen molar-refractivity contribution < 1.29 is 14.3 Å². The number of nitrogens with zero attached hydrogens (tertiary/aromatic N) is 1. The van der Waals surface area contributed by atoms with Gasteiger partial charge in [-0.15, -0.1) is 0 Å². The average molecular weight is 554 g/mol. The first-order chi connectivity index (χ1) is 18.3. The summed E-state index contributed by atoms with van der Waals surface area (Å²) in [5.74, 6) is 0.150. The molecule has 5 nitrogen and oxygen atoms in total. The molecule has 0 aliphatic heterocycles. The SMILES string of the molecule is Cc1cccc(OCC(=O)N(Cc2c(Cl)cccc2Cl)[C@@H](Cc2ccccc2)C(=O)NC2CCCC2)c1C. The van der Waals surface area contributed by atoms with E-state index in [4.69, 9.17) is 27.9 Å². The van der Waals surface area contributed by atoms with Gasteiger partial charge in [-0.05, 0) is 61.6 Å². The summed E-state index contributed by atoms with van der Waals surface area (Å²) in [7, 11) is 0. The molecule has 2 amide bonds. The summed E-state index contributed by atoms with van der Waals surface area (Å²) >= 11 is 13.0. The Bertz CT molecular complexity index is 1240. The van der Waals surface area contributed by atoms with E-state index in [9.17, 15) is 9.59 Å². The molecule has 1 aliphatic rings. The molecule has 3 aromatic carbocycles. The number of benzene rings is 3. The lowest BCUT2D eigenvalue weighted by molar-refractivity contribution is -0.143. The molecule has 0 spiro atoms. The number of halogens is 2. The molecule has 0 unspecified atom stereocenters. The van der Waals surface area contributed by atoms with Gasteiger partial charge >= 0.3 is 0 Å². The van der Waals surface area contributed by atoms with Crippen molar-refractivity contribution in [2.45, 2.75) is 64.6 Å². The van der Waals surface area contributed by atoms with Crippen LogP contribution >= 0.6 is 23.2 Å². The summed E-state index contributed by atoms with van der Waals surface area (Å²) in [6, 6.07) is 20.1. The second-order valence-corrected chi connectivity index (χ2v) is 10.7. The number of ether oxygens (including phenoxy) is 1. The van der Waals surface area contributed by atoms with E-state index in [1.807, 2.05) is 62.4 Å².